The number of piperidine rings is 1. The van der Waals surface area contributed by atoms with E-state index in [2.05, 4.69) is 37.9 Å². The highest BCUT2D eigenvalue weighted by atomic mass is 15.1. The summed E-state index contributed by atoms with van der Waals surface area (Å²) in [5.41, 5.74) is 1.09. The molecule has 0 spiro atoms. The van der Waals surface area contributed by atoms with Gasteiger partial charge in [0.05, 0.1) is 0 Å². The number of nitrogens with zero attached hydrogens (tertiary/aromatic N) is 1. The third kappa shape index (κ3) is 2.43. The zero-order valence-corrected chi connectivity index (χ0v) is 14.0. The van der Waals surface area contributed by atoms with Crippen LogP contribution in [-0.2, 0) is 0 Å². The topological polar surface area (TPSA) is 15.3 Å². The highest BCUT2D eigenvalue weighted by Gasteiger charge is 2.58. The molecular formula is C18H34N2. The van der Waals surface area contributed by atoms with Crippen LogP contribution in [0.2, 0.25) is 0 Å². The second kappa shape index (κ2) is 5.28. The van der Waals surface area contributed by atoms with E-state index in [0.29, 0.717) is 10.8 Å². The van der Waals surface area contributed by atoms with Crippen molar-refractivity contribution in [3.05, 3.63) is 0 Å². The van der Waals surface area contributed by atoms with Crippen LogP contribution < -0.4 is 5.32 Å². The first kappa shape index (κ1) is 14.8. The third-order valence-corrected chi connectivity index (χ3v) is 7.03. The van der Waals surface area contributed by atoms with Gasteiger partial charge in [0.15, 0.2) is 0 Å². The van der Waals surface area contributed by atoms with Gasteiger partial charge in [-0.2, -0.15) is 0 Å². The molecule has 3 fully saturated rings. The minimum absolute atomic E-state index is 0.511. The monoisotopic (exact) mass is 278 g/mol. The molecule has 2 nitrogen and oxygen atoms in total. The highest BCUT2D eigenvalue weighted by molar-refractivity contribution is 5.12. The maximum absolute atomic E-state index is 4.03. The maximum atomic E-state index is 4.03. The van der Waals surface area contributed by atoms with Crippen LogP contribution in [-0.4, -0.2) is 37.1 Å². The SMILES string of the molecule is CCN1CCC(CNC2C(C)(C)[C@H]3CC[C@]2(C)C3)CC1. The summed E-state index contributed by atoms with van der Waals surface area (Å²) in [6.45, 7) is 15.0. The Morgan fingerprint density at radius 1 is 1.10 bits per heavy atom. The largest absolute Gasteiger partial charge is 0.313 e. The van der Waals surface area contributed by atoms with E-state index in [1.165, 1.54) is 58.3 Å². The van der Waals surface area contributed by atoms with Crippen LogP contribution in [0.4, 0.5) is 0 Å². The fourth-order valence-corrected chi connectivity index (χ4v) is 5.60. The maximum Gasteiger partial charge on any atom is 0.0175 e. The van der Waals surface area contributed by atoms with E-state index in [1.54, 1.807) is 0 Å². The lowest BCUT2D eigenvalue weighted by Crippen LogP contribution is -2.52. The average Bonchev–Trinajstić information content (AvgIpc) is 2.90. The molecule has 2 bridgehead atoms. The molecule has 2 aliphatic carbocycles. The van der Waals surface area contributed by atoms with Crippen LogP contribution in [0, 0.1) is 22.7 Å². The zero-order chi connectivity index (χ0) is 14.4. The lowest BCUT2D eigenvalue weighted by atomic mass is 9.68. The normalized spacial score (nSPS) is 41.4. The van der Waals surface area contributed by atoms with Crippen molar-refractivity contribution >= 4 is 0 Å². The predicted molar refractivity (Wildman–Crippen MR) is 85.9 cm³/mol. The van der Waals surface area contributed by atoms with E-state index in [0.717, 1.165) is 17.9 Å². The molecule has 1 unspecified atom stereocenters. The van der Waals surface area contributed by atoms with Gasteiger partial charge in [-0.05, 0) is 80.9 Å². The Hall–Kier alpha value is -0.0800. The van der Waals surface area contributed by atoms with Crippen LogP contribution in [0.25, 0.3) is 0 Å². The van der Waals surface area contributed by atoms with Gasteiger partial charge in [-0.3, -0.25) is 0 Å². The molecular weight excluding hydrogens is 244 g/mol. The van der Waals surface area contributed by atoms with Crippen molar-refractivity contribution in [2.75, 3.05) is 26.2 Å². The Bertz CT molecular complexity index is 339. The molecule has 3 aliphatic rings. The summed E-state index contributed by atoms with van der Waals surface area (Å²) in [4.78, 5) is 2.60. The molecule has 0 aromatic heterocycles. The molecule has 3 atom stereocenters. The van der Waals surface area contributed by atoms with Crippen molar-refractivity contribution in [1.29, 1.82) is 0 Å². The Balaban J connectivity index is 1.54. The highest BCUT2D eigenvalue weighted by Crippen LogP contribution is 2.62. The predicted octanol–water partition coefficient (Wildman–Crippen LogP) is 3.52. The summed E-state index contributed by atoms with van der Waals surface area (Å²) in [7, 11) is 0. The third-order valence-electron chi connectivity index (χ3n) is 7.03. The summed E-state index contributed by atoms with van der Waals surface area (Å²) in [6.07, 6.45) is 7.18. The van der Waals surface area contributed by atoms with Crippen LogP contribution >= 0.6 is 0 Å². The molecule has 3 rings (SSSR count). The van der Waals surface area contributed by atoms with E-state index in [-0.39, 0.29) is 0 Å². The van der Waals surface area contributed by atoms with Gasteiger partial charge in [-0.1, -0.05) is 27.7 Å². The number of nitrogens with one attached hydrogen (secondary N) is 1. The van der Waals surface area contributed by atoms with Gasteiger partial charge < -0.3 is 10.2 Å². The number of hydrogen-bond donors (Lipinski definition) is 1. The Kier molecular flexibility index (Phi) is 3.92. The van der Waals surface area contributed by atoms with E-state index in [1.807, 2.05) is 0 Å². The molecule has 1 N–H and O–H groups in total. The van der Waals surface area contributed by atoms with Crippen molar-refractivity contribution < 1.29 is 0 Å². The van der Waals surface area contributed by atoms with Crippen LogP contribution in [0.5, 0.6) is 0 Å². The number of hydrogen-bond acceptors (Lipinski definition) is 2. The zero-order valence-electron chi connectivity index (χ0n) is 14.0. The summed E-state index contributed by atoms with van der Waals surface area (Å²) in [6, 6.07) is 0.748. The summed E-state index contributed by atoms with van der Waals surface area (Å²) < 4.78 is 0. The van der Waals surface area contributed by atoms with E-state index < -0.39 is 0 Å². The van der Waals surface area contributed by atoms with Gasteiger partial charge in [0.1, 0.15) is 0 Å². The Morgan fingerprint density at radius 3 is 2.35 bits per heavy atom. The first-order valence-electron chi connectivity index (χ1n) is 8.91. The van der Waals surface area contributed by atoms with Crippen LogP contribution in [0.1, 0.15) is 59.8 Å². The summed E-state index contributed by atoms with van der Waals surface area (Å²) in [5, 5.41) is 4.03. The molecule has 2 saturated carbocycles. The van der Waals surface area contributed by atoms with Gasteiger partial charge >= 0.3 is 0 Å². The van der Waals surface area contributed by atoms with Crippen LogP contribution in [0.15, 0.2) is 0 Å². The van der Waals surface area contributed by atoms with E-state index in [4.69, 9.17) is 0 Å². The van der Waals surface area contributed by atoms with Gasteiger partial charge in [-0.25, -0.2) is 0 Å². The summed E-state index contributed by atoms with van der Waals surface area (Å²) in [5.74, 6) is 1.88. The molecule has 116 valence electrons. The van der Waals surface area contributed by atoms with Crippen LogP contribution in [0.3, 0.4) is 0 Å². The molecule has 1 aliphatic heterocycles. The van der Waals surface area contributed by atoms with Crippen molar-refractivity contribution in [2.24, 2.45) is 22.7 Å². The first-order chi connectivity index (χ1) is 9.45. The summed E-state index contributed by atoms with van der Waals surface area (Å²) >= 11 is 0. The lowest BCUT2D eigenvalue weighted by molar-refractivity contribution is 0.0982. The smallest absolute Gasteiger partial charge is 0.0175 e. The lowest BCUT2D eigenvalue weighted by Gasteiger charge is -2.44. The molecule has 20 heavy (non-hydrogen) atoms. The molecule has 1 heterocycles. The van der Waals surface area contributed by atoms with Gasteiger partial charge in [0, 0.05) is 6.04 Å². The fraction of sp³-hybridized carbons (Fsp3) is 1.00. The molecule has 0 aromatic rings. The second-order valence-corrected chi connectivity index (χ2v) is 8.63. The minimum Gasteiger partial charge on any atom is -0.313 e. The number of rotatable bonds is 4. The van der Waals surface area contributed by atoms with E-state index in [9.17, 15) is 0 Å². The molecule has 0 amide bonds. The van der Waals surface area contributed by atoms with Gasteiger partial charge in [0.25, 0.3) is 0 Å². The second-order valence-electron chi connectivity index (χ2n) is 8.63. The van der Waals surface area contributed by atoms with Crippen molar-refractivity contribution in [2.45, 2.75) is 65.8 Å². The standard InChI is InChI=1S/C18H34N2/c1-5-20-10-7-14(8-11-20)13-19-16-17(2,3)15-6-9-18(16,4)12-15/h14-16,19H,5-13H2,1-4H3/t15-,16?,18+/m0/s1. The molecule has 0 aromatic carbocycles. The fourth-order valence-electron chi connectivity index (χ4n) is 5.60. The molecule has 0 radical (unpaired) electrons. The quantitative estimate of drug-likeness (QED) is 0.846. The van der Waals surface area contributed by atoms with Gasteiger partial charge in [-0.15, -0.1) is 0 Å². The Labute approximate surface area is 125 Å². The Morgan fingerprint density at radius 2 is 1.80 bits per heavy atom. The first-order valence-corrected chi connectivity index (χ1v) is 8.91. The van der Waals surface area contributed by atoms with Crippen molar-refractivity contribution in [3.8, 4) is 0 Å². The van der Waals surface area contributed by atoms with Crippen molar-refractivity contribution in [1.82, 2.24) is 10.2 Å². The van der Waals surface area contributed by atoms with E-state index >= 15 is 0 Å². The molecule has 1 saturated heterocycles. The van der Waals surface area contributed by atoms with Gasteiger partial charge in [0.2, 0.25) is 0 Å². The van der Waals surface area contributed by atoms with Crippen molar-refractivity contribution in [3.63, 3.8) is 0 Å². The number of likely N-dealkylation sites (tertiary alicyclic amines) is 1. The average molecular weight is 278 g/mol. The number of fused-ring (bicyclic) bond motifs is 2. The molecule has 2 heteroatoms. The minimum atomic E-state index is 0.511.